The molecule has 0 aliphatic heterocycles. The second-order valence-corrected chi connectivity index (χ2v) is 6.49. The van der Waals surface area contributed by atoms with Crippen molar-refractivity contribution in [3.63, 3.8) is 0 Å². The monoisotopic (exact) mass is 227 g/mol. The van der Waals surface area contributed by atoms with Crippen molar-refractivity contribution >= 4 is 12.4 Å². The number of rotatable bonds is 0. The molecule has 1 spiro atoms. The van der Waals surface area contributed by atoms with Crippen LogP contribution in [0, 0.1) is 29.1 Å². The van der Waals surface area contributed by atoms with E-state index in [1.807, 2.05) is 0 Å². The van der Waals surface area contributed by atoms with Crippen LogP contribution in [0.2, 0.25) is 0 Å². The molecule has 1 nitrogen and oxygen atoms in total. The summed E-state index contributed by atoms with van der Waals surface area (Å²) in [5.41, 5.74) is 7.21. The van der Waals surface area contributed by atoms with Gasteiger partial charge in [0.2, 0.25) is 0 Å². The van der Waals surface area contributed by atoms with Gasteiger partial charge >= 0.3 is 0 Å². The van der Waals surface area contributed by atoms with Crippen molar-refractivity contribution in [2.24, 2.45) is 34.8 Å². The zero-order valence-electron chi connectivity index (χ0n) is 9.32. The van der Waals surface area contributed by atoms with E-state index < -0.39 is 0 Å². The Morgan fingerprint density at radius 1 is 0.933 bits per heavy atom. The van der Waals surface area contributed by atoms with E-state index in [4.69, 9.17) is 5.73 Å². The molecule has 0 heterocycles. The highest BCUT2D eigenvalue weighted by molar-refractivity contribution is 5.85. The maximum absolute atomic E-state index is 6.55. The molecule has 4 aliphatic rings. The van der Waals surface area contributed by atoms with Gasteiger partial charge in [-0.15, -0.1) is 12.4 Å². The first-order valence-electron chi connectivity index (χ1n) is 6.56. The quantitative estimate of drug-likeness (QED) is 0.677. The molecule has 4 fully saturated rings. The van der Waals surface area contributed by atoms with Crippen LogP contribution in [0.4, 0.5) is 0 Å². The van der Waals surface area contributed by atoms with E-state index in [2.05, 4.69) is 0 Å². The fourth-order valence-corrected chi connectivity index (χ4v) is 5.87. The third kappa shape index (κ3) is 1.04. The zero-order valence-corrected chi connectivity index (χ0v) is 10.1. The van der Waals surface area contributed by atoms with Crippen molar-refractivity contribution in [2.75, 3.05) is 0 Å². The van der Waals surface area contributed by atoms with Gasteiger partial charge in [-0.05, 0) is 67.6 Å². The Bertz CT molecular complexity index is 268. The summed E-state index contributed by atoms with van der Waals surface area (Å²) in [6.45, 7) is 0. The molecule has 2 heteroatoms. The Labute approximate surface area is 98.6 Å². The topological polar surface area (TPSA) is 26.0 Å². The van der Waals surface area contributed by atoms with Gasteiger partial charge in [-0.3, -0.25) is 0 Å². The average Bonchev–Trinajstić information content (AvgIpc) is 2.91. The molecule has 15 heavy (non-hydrogen) atoms. The minimum absolute atomic E-state index is 0. The lowest BCUT2D eigenvalue weighted by Gasteiger charge is -2.46. The predicted molar refractivity (Wildman–Crippen MR) is 63.9 cm³/mol. The number of halogens is 1. The fourth-order valence-electron chi connectivity index (χ4n) is 5.87. The van der Waals surface area contributed by atoms with E-state index in [1.54, 1.807) is 0 Å². The molecule has 0 aromatic rings. The molecule has 0 aromatic carbocycles. The van der Waals surface area contributed by atoms with Crippen LogP contribution in [-0.2, 0) is 0 Å². The zero-order chi connectivity index (χ0) is 9.34. The Kier molecular flexibility index (Phi) is 2.17. The molecular weight excluding hydrogens is 206 g/mol. The smallest absolute Gasteiger partial charge is 0.0129 e. The van der Waals surface area contributed by atoms with Gasteiger partial charge < -0.3 is 5.73 Å². The minimum atomic E-state index is 0. The SMILES string of the molecule is Cl.NC1C2CCC(C2)C12CC1CCC2C1. The van der Waals surface area contributed by atoms with E-state index in [0.29, 0.717) is 11.5 Å². The van der Waals surface area contributed by atoms with Crippen LogP contribution in [0.25, 0.3) is 0 Å². The van der Waals surface area contributed by atoms with Crippen LogP contribution in [0.5, 0.6) is 0 Å². The van der Waals surface area contributed by atoms with Gasteiger partial charge in [-0.25, -0.2) is 0 Å². The Hall–Kier alpha value is 0.250. The Morgan fingerprint density at radius 3 is 2.20 bits per heavy atom. The average molecular weight is 228 g/mol. The van der Waals surface area contributed by atoms with Crippen molar-refractivity contribution < 1.29 is 0 Å². The number of nitrogens with two attached hydrogens (primary N) is 1. The second kappa shape index (κ2) is 3.13. The van der Waals surface area contributed by atoms with Gasteiger partial charge in [0.05, 0.1) is 0 Å². The summed E-state index contributed by atoms with van der Waals surface area (Å²) in [5.74, 6) is 4.07. The fraction of sp³-hybridized carbons (Fsp3) is 1.00. The first-order chi connectivity index (χ1) is 6.80. The summed E-state index contributed by atoms with van der Waals surface area (Å²) in [5, 5.41) is 0. The second-order valence-electron chi connectivity index (χ2n) is 6.49. The number of fused-ring (bicyclic) bond motifs is 6. The lowest BCUT2D eigenvalue weighted by Crippen LogP contribution is -2.49. The van der Waals surface area contributed by atoms with Crippen molar-refractivity contribution in [1.29, 1.82) is 0 Å². The molecule has 86 valence electrons. The molecular formula is C13H22ClN. The van der Waals surface area contributed by atoms with E-state index in [0.717, 1.165) is 23.7 Å². The maximum atomic E-state index is 6.55. The normalized spacial score (nSPS) is 60.2. The third-order valence-electron chi connectivity index (χ3n) is 6.31. The molecule has 0 saturated heterocycles. The lowest BCUT2D eigenvalue weighted by atomic mass is 9.61. The van der Waals surface area contributed by atoms with Crippen LogP contribution in [0.15, 0.2) is 0 Å². The highest BCUT2D eigenvalue weighted by Crippen LogP contribution is 2.69. The van der Waals surface area contributed by atoms with E-state index in [-0.39, 0.29) is 12.4 Å². The van der Waals surface area contributed by atoms with Gasteiger partial charge in [0.15, 0.2) is 0 Å². The van der Waals surface area contributed by atoms with Crippen LogP contribution >= 0.6 is 12.4 Å². The predicted octanol–water partition coefficient (Wildman–Crippen LogP) is 2.97. The molecule has 0 aromatic heterocycles. The molecule has 4 bridgehead atoms. The Morgan fingerprint density at radius 2 is 1.67 bits per heavy atom. The summed E-state index contributed by atoms with van der Waals surface area (Å²) in [4.78, 5) is 0. The third-order valence-corrected chi connectivity index (χ3v) is 6.31. The van der Waals surface area contributed by atoms with E-state index >= 15 is 0 Å². The van der Waals surface area contributed by atoms with Crippen molar-refractivity contribution in [1.82, 2.24) is 0 Å². The van der Waals surface area contributed by atoms with Crippen molar-refractivity contribution in [3.8, 4) is 0 Å². The first-order valence-corrected chi connectivity index (χ1v) is 6.56. The van der Waals surface area contributed by atoms with Gasteiger partial charge in [0, 0.05) is 6.04 Å². The van der Waals surface area contributed by atoms with Crippen LogP contribution in [0.3, 0.4) is 0 Å². The maximum Gasteiger partial charge on any atom is 0.0129 e. The lowest BCUT2D eigenvalue weighted by molar-refractivity contribution is 0.0574. The summed E-state index contributed by atoms with van der Waals surface area (Å²) in [6.07, 6.45) is 10.5. The minimum Gasteiger partial charge on any atom is -0.327 e. The first kappa shape index (κ1) is 10.4. The van der Waals surface area contributed by atoms with Gasteiger partial charge in [-0.1, -0.05) is 6.42 Å². The summed E-state index contributed by atoms with van der Waals surface area (Å²) < 4.78 is 0. The largest absolute Gasteiger partial charge is 0.327 e. The molecule has 0 radical (unpaired) electrons. The molecule has 4 rings (SSSR count). The number of hydrogen-bond donors (Lipinski definition) is 1. The van der Waals surface area contributed by atoms with Crippen molar-refractivity contribution in [2.45, 2.75) is 51.0 Å². The molecule has 0 amide bonds. The molecule has 6 unspecified atom stereocenters. The Balaban J connectivity index is 0.000000722. The number of hydrogen-bond acceptors (Lipinski definition) is 1. The standard InChI is InChI=1S/C13H21N.ClH/c14-12-9-2-4-11(6-9)13(12)7-8-1-3-10(13)5-8;/h8-12H,1-7,14H2;1H. The summed E-state index contributed by atoms with van der Waals surface area (Å²) in [7, 11) is 0. The molecule has 4 aliphatic carbocycles. The summed E-state index contributed by atoms with van der Waals surface area (Å²) >= 11 is 0. The molecule has 2 N–H and O–H groups in total. The van der Waals surface area contributed by atoms with Crippen LogP contribution in [-0.4, -0.2) is 6.04 Å². The highest BCUT2D eigenvalue weighted by atomic mass is 35.5. The molecule has 4 saturated carbocycles. The summed E-state index contributed by atoms with van der Waals surface area (Å²) in [6, 6.07) is 0.594. The van der Waals surface area contributed by atoms with E-state index in [9.17, 15) is 0 Å². The van der Waals surface area contributed by atoms with E-state index in [1.165, 1.54) is 44.9 Å². The van der Waals surface area contributed by atoms with Gasteiger partial charge in [-0.2, -0.15) is 0 Å². The van der Waals surface area contributed by atoms with Crippen molar-refractivity contribution in [3.05, 3.63) is 0 Å². The van der Waals surface area contributed by atoms with Gasteiger partial charge in [0.1, 0.15) is 0 Å². The van der Waals surface area contributed by atoms with Crippen LogP contribution in [0.1, 0.15) is 44.9 Å². The van der Waals surface area contributed by atoms with Gasteiger partial charge in [0.25, 0.3) is 0 Å². The van der Waals surface area contributed by atoms with Crippen LogP contribution < -0.4 is 5.73 Å². The molecule has 6 atom stereocenters. The highest BCUT2D eigenvalue weighted by Gasteiger charge is 2.64.